The topological polar surface area (TPSA) is 51.8 Å². The molecule has 0 N–H and O–H groups in total. The van der Waals surface area contributed by atoms with Crippen molar-refractivity contribution in [3.8, 4) is 11.4 Å². The molecule has 0 saturated carbocycles. The molecule has 2 aromatic heterocycles. The summed E-state index contributed by atoms with van der Waals surface area (Å²) in [5, 5.41) is 0. The van der Waals surface area contributed by atoms with Crippen LogP contribution in [0.3, 0.4) is 0 Å². The number of halogens is 4. The minimum atomic E-state index is -1.75. The quantitative estimate of drug-likeness (QED) is 0.480. The van der Waals surface area contributed by atoms with Gasteiger partial charge in [0, 0.05) is 18.8 Å². The molecule has 0 saturated heterocycles. The molecule has 3 aromatic rings. The van der Waals surface area contributed by atoms with E-state index in [1.54, 1.807) is 11.9 Å². The van der Waals surface area contributed by atoms with Gasteiger partial charge >= 0.3 is 0 Å². The summed E-state index contributed by atoms with van der Waals surface area (Å²) in [6.07, 6.45) is 2.51. The molecule has 10 heteroatoms. The van der Waals surface area contributed by atoms with Crippen LogP contribution in [0.15, 0.2) is 47.8 Å². The first-order valence-electron chi connectivity index (χ1n) is 7.62. The summed E-state index contributed by atoms with van der Waals surface area (Å²) in [7, 11) is 1.77. The molecule has 142 valence electrons. The number of likely N-dealkylation sites (N-methyl/N-ethyl adjacent to an activating group) is 1. The molecule has 0 radical (unpaired) electrons. The van der Waals surface area contributed by atoms with Gasteiger partial charge in [0.1, 0.15) is 24.3 Å². The summed E-state index contributed by atoms with van der Waals surface area (Å²) in [4.78, 5) is 17.9. The van der Waals surface area contributed by atoms with E-state index in [1.807, 2.05) is 0 Å². The number of hydrogen-bond acceptors (Lipinski definition) is 4. The van der Waals surface area contributed by atoms with E-state index in [1.165, 1.54) is 24.7 Å². The molecule has 4 rings (SSSR count). The van der Waals surface area contributed by atoms with Gasteiger partial charge in [-0.3, -0.25) is 13.8 Å². The Bertz CT molecular complexity index is 1080. The van der Waals surface area contributed by atoms with Gasteiger partial charge in [-0.1, -0.05) is 6.58 Å². The van der Waals surface area contributed by atoms with Crippen LogP contribution in [0.5, 0.6) is 5.75 Å². The van der Waals surface area contributed by atoms with Crippen molar-refractivity contribution in [2.24, 2.45) is 0 Å². The minimum absolute atomic E-state index is 0.0191. The first-order valence-corrected chi connectivity index (χ1v) is 7.62. The Kier molecular flexibility index (Phi) is 4.89. The summed E-state index contributed by atoms with van der Waals surface area (Å²) >= 11 is 0. The SMILES string of the molecule is C=C1COc2cc(F)c(-n3c(=O)cc(F)n4cncc34)cc2N1C.FCF. The number of ether oxygens (including phenoxy) is 1. The molecule has 0 unspecified atom stereocenters. The fourth-order valence-corrected chi connectivity index (χ4v) is 2.72. The molecule has 1 aliphatic heterocycles. The van der Waals surface area contributed by atoms with Gasteiger partial charge in [0.2, 0.25) is 12.9 Å². The standard InChI is InChI=1S/C16H12F2N4O2.CH2F2/c1-9-7-24-13-3-10(17)11(4-12(13)20(9)2)22-15-6-19-8-21(15)14(18)5-16(22)23;2-1-3/h3-6,8H,1,7H2,2H3;1H2. The predicted molar refractivity (Wildman–Crippen MR) is 90.8 cm³/mol. The average Bonchev–Trinajstić information content (AvgIpc) is 3.10. The van der Waals surface area contributed by atoms with Gasteiger partial charge in [0.25, 0.3) is 5.56 Å². The maximum absolute atomic E-state index is 14.6. The number of benzene rings is 1. The molecular weight excluding hydrogens is 368 g/mol. The van der Waals surface area contributed by atoms with Crippen LogP contribution in [-0.2, 0) is 0 Å². The number of hydrogen-bond donors (Lipinski definition) is 0. The second-order valence-corrected chi connectivity index (χ2v) is 5.55. The fourth-order valence-electron chi connectivity index (χ4n) is 2.72. The first kappa shape index (κ1) is 18.5. The first-order chi connectivity index (χ1) is 12.9. The lowest BCUT2D eigenvalue weighted by Gasteiger charge is -2.30. The van der Waals surface area contributed by atoms with Gasteiger partial charge in [-0.15, -0.1) is 0 Å². The largest absolute Gasteiger partial charge is 0.485 e. The molecule has 6 nitrogen and oxygen atoms in total. The fraction of sp³-hybridized carbons (Fsp3) is 0.176. The Hall–Kier alpha value is -3.30. The van der Waals surface area contributed by atoms with Crippen molar-refractivity contribution in [1.29, 1.82) is 0 Å². The van der Waals surface area contributed by atoms with Crippen LogP contribution in [0.1, 0.15) is 0 Å². The summed E-state index contributed by atoms with van der Waals surface area (Å²) in [6.45, 7) is 2.37. The zero-order valence-electron chi connectivity index (χ0n) is 14.1. The van der Waals surface area contributed by atoms with Gasteiger partial charge in [-0.05, 0) is 6.07 Å². The Morgan fingerprint density at radius 1 is 1.22 bits per heavy atom. The van der Waals surface area contributed by atoms with Crippen LogP contribution >= 0.6 is 0 Å². The Balaban J connectivity index is 0.000000659. The maximum atomic E-state index is 14.6. The second kappa shape index (κ2) is 7.14. The molecule has 0 bridgehead atoms. The van der Waals surface area contributed by atoms with E-state index >= 15 is 0 Å². The lowest BCUT2D eigenvalue weighted by Crippen LogP contribution is -2.27. The Labute approximate surface area is 150 Å². The molecule has 0 amide bonds. The molecule has 3 heterocycles. The van der Waals surface area contributed by atoms with Gasteiger partial charge in [-0.25, -0.2) is 18.2 Å². The van der Waals surface area contributed by atoms with E-state index in [-0.39, 0.29) is 17.9 Å². The van der Waals surface area contributed by atoms with Crippen molar-refractivity contribution >= 4 is 11.3 Å². The molecule has 0 atom stereocenters. The number of aromatic nitrogens is 3. The normalized spacial score (nSPS) is 13.1. The zero-order valence-corrected chi connectivity index (χ0v) is 14.1. The predicted octanol–water partition coefficient (Wildman–Crippen LogP) is 2.99. The van der Waals surface area contributed by atoms with Crippen molar-refractivity contribution < 1.29 is 22.3 Å². The van der Waals surface area contributed by atoms with Crippen LogP contribution in [-0.4, -0.2) is 34.5 Å². The number of nitrogens with zero attached hydrogens (tertiary/aromatic N) is 4. The second-order valence-electron chi connectivity index (χ2n) is 5.55. The van der Waals surface area contributed by atoms with E-state index < -0.39 is 24.3 Å². The van der Waals surface area contributed by atoms with Crippen molar-refractivity contribution in [2.45, 2.75) is 0 Å². The third kappa shape index (κ3) is 3.14. The maximum Gasteiger partial charge on any atom is 0.261 e. The highest BCUT2D eigenvalue weighted by atomic mass is 19.3. The van der Waals surface area contributed by atoms with Crippen LogP contribution in [0.25, 0.3) is 11.3 Å². The van der Waals surface area contributed by atoms with Crippen molar-refractivity contribution in [1.82, 2.24) is 14.0 Å². The summed E-state index contributed by atoms with van der Waals surface area (Å²) < 4.78 is 55.3. The zero-order chi connectivity index (χ0) is 19.7. The Morgan fingerprint density at radius 3 is 2.63 bits per heavy atom. The highest BCUT2D eigenvalue weighted by Gasteiger charge is 2.23. The van der Waals surface area contributed by atoms with Crippen LogP contribution in [0.2, 0.25) is 0 Å². The van der Waals surface area contributed by atoms with Crippen molar-refractivity contribution in [3.63, 3.8) is 0 Å². The van der Waals surface area contributed by atoms with Crippen LogP contribution in [0.4, 0.5) is 23.2 Å². The van der Waals surface area contributed by atoms with E-state index in [0.29, 0.717) is 17.1 Å². The van der Waals surface area contributed by atoms with E-state index in [0.717, 1.165) is 15.0 Å². The molecular formula is C17H14F4N4O2. The smallest absolute Gasteiger partial charge is 0.261 e. The molecule has 0 fully saturated rings. The molecule has 27 heavy (non-hydrogen) atoms. The highest BCUT2D eigenvalue weighted by molar-refractivity contribution is 5.68. The van der Waals surface area contributed by atoms with Gasteiger partial charge in [0.15, 0.2) is 5.82 Å². The third-order valence-electron chi connectivity index (χ3n) is 4.04. The van der Waals surface area contributed by atoms with E-state index in [2.05, 4.69) is 11.6 Å². The van der Waals surface area contributed by atoms with Crippen molar-refractivity contribution in [3.05, 3.63) is 65.1 Å². The van der Waals surface area contributed by atoms with E-state index in [4.69, 9.17) is 4.74 Å². The summed E-state index contributed by atoms with van der Waals surface area (Å²) in [5.74, 6) is -1.08. The summed E-state index contributed by atoms with van der Waals surface area (Å²) in [6, 6.07) is 3.46. The lowest BCUT2D eigenvalue weighted by atomic mass is 10.2. The number of anilines is 1. The average molecular weight is 382 g/mol. The molecule has 1 aliphatic rings. The third-order valence-corrected chi connectivity index (χ3v) is 4.04. The highest BCUT2D eigenvalue weighted by Crippen LogP contribution is 2.37. The molecule has 0 spiro atoms. The minimum Gasteiger partial charge on any atom is -0.485 e. The van der Waals surface area contributed by atoms with Gasteiger partial charge < -0.3 is 9.64 Å². The Morgan fingerprint density at radius 2 is 1.93 bits per heavy atom. The van der Waals surface area contributed by atoms with Gasteiger partial charge in [-0.2, -0.15) is 4.39 Å². The molecule has 1 aromatic carbocycles. The van der Waals surface area contributed by atoms with Crippen LogP contribution in [0, 0.1) is 11.8 Å². The number of alkyl halides is 2. The van der Waals surface area contributed by atoms with Crippen molar-refractivity contribution in [2.75, 3.05) is 25.5 Å². The van der Waals surface area contributed by atoms with E-state index in [9.17, 15) is 22.4 Å². The molecule has 0 aliphatic carbocycles. The monoisotopic (exact) mass is 382 g/mol. The number of rotatable bonds is 1. The van der Waals surface area contributed by atoms with Gasteiger partial charge in [0.05, 0.1) is 23.6 Å². The number of imidazole rings is 1. The van der Waals surface area contributed by atoms with Crippen LogP contribution < -0.4 is 15.2 Å². The number of fused-ring (bicyclic) bond motifs is 2. The lowest BCUT2D eigenvalue weighted by molar-refractivity contribution is 0.295. The summed E-state index contributed by atoms with van der Waals surface area (Å²) in [5.41, 5.74) is 0.668.